The molecule has 2 N–H and O–H groups in total. The number of Topliss-reactive ketones (excluding diaryl/α,β-unsaturated/α-hetero) is 1. The Morgan fingerprint density at radius 3 is 2.85 bits per heavy atom. The van der Waals surface area contributed by atoms with Crippen molar-refractivity contribution in [2.45, 2.75) is 19.4 Å². The van der Waals surface area contributed by atoms with Crippen LogP contribution < -0.4 is 20.7 Å². The van der Waals surface area contributed by atoms with E-state index >= 15 is 0 Å². The van der Waals surface area contributed by atoms with E-state index in [-0.39, 0.29) is 18.5 Å². The number of aromatic amines is 2. The number of likely N-dealkylation sites (tertiary alicyclic amines) is 1. The summed E-state index contributed by atoms with van der Waals surface area (Å²) in [7, 11) is 0. The highest BCUT2D eigenvalue weighted by Gasteiger charge is 2.28. The molecule has 0 radical (unpaired) electrons. The largest absolute Gasteiger partial charge is 0.454 e. The summed E-state index contributed by atoms with van der Waals surface area (Å²) in [5.41, 5.74) is 0.229. The van der Waals surface area contributed by atoms with Crippen molar-refractivity contribution in [3.63, 3.8) is 0 Å². The van der Waals surface area contributed by atoms with Gasteiger partial charge in [-0.15, -0.1) is 0 Å². The van der Waals surface area contributed by atoms with Crippen molar-refractivity contribution >= 4 is 5.78 Å². The lowest BCUT2D eigenvalue weighted by Crippen LogP contribution is -2.39. The van der Waals surface area contributed by atoms with Crippen LogP contribution >= 0.6 is 0 Å². The smallest absolute Gasteiger partial charge is 0.325 e. The van der Waals surface area contributed by atoms with E-state index in [0.717, 1.165) is 19.4 Å². The second kappa shape index (κ2) is 6.80. The van der Waals surface area contributed by atoms with Gasteiger partial charge in [-0.1, -0.05) is 0 Å². The van der Waals surface area contributed by atoms with Crippen molar-refractivity contribution in [1.82, 2.24) is 14.9 Å². The molecular formula is C18H19N3O5. The predicted octanol–water partition coefficient (Wildman–Crippen LogP) is 0.887. The minimum Gasteiger partial charge on any atom is -0.454 e. The Morgan fingerprint density at radius 1 is 1.15 bits per heavy atom. The number of carbonyl (C=O) groups excluding carboxylic acids is 1. The number of hydrogen-bond donors (Lipinski definition) is 2. The number of aromatic nitrogens is 2. The van der Waals surface area contributed by atoms with Gasteiger partial charge >= 0.3 is 5.69 Å². The summed E-state index contributed by atoms with van der Waals surface area (Å²) >= 11 is 0. The van der Waals surface area contributed by atoms with Crippen LogP contribution in [0.3, 0.4) is 0 Å². The van der Waals surface area contributed by atoms with Gasteiger partial charge in [-0.25, -0.2) is 4.79 Å². The number of carbonyl (C=O) groups is 1. The molecule has 1 saturated heterocycles. The molecule has 4 rings (SSSR count). The Kier molecular flexibility index (Phi) is 4.34. The second-order valence-corrected chi connectivity index (χ2v) is 6.62. The lowest BCUT2D eigenvalue weighted by atomic mass is 9.90. The molecule has 2 aromatic rings. The minimum atomic E-state index is -0.516. The molecule has 0 aliphatic carbocycles. The van der Waals surface area contributed by atoms with Gasteiger partial charge in [0.05, 0.1) is 0 Å². The summed E-state index contributed by atoms with van der Waals surface area (Å²) in [5.74, 6) is 1.21. The van der Waals surface area contributed by atoms with Crippen LogP contribution in [0.1, 0.15) is 28.9 Å². The first kappa shape index (κ1) is 16.6. The fraction of sp³-hybridized carbons (Fsp3) is 0.389. The molecule has 1 aromatic heterocycles. The zero-order valence-electron chi connectivity index (χ0n) is 14.1. The quantitative estimate of drug-likeness (QED) is 0.788. The van der Waals surface area contributed by atoms with E-state index in [9.17, 15) is 14.4 Å². The molecule has 8 nitrogen and oxygen atoms in total. The van der Waals surface area contributed by atoms with Gasteiger partial charge in [0.1, 0.15) is 0 Å². The topological polar surface area (TPSA) is 104 Å². The van der Waals surface area contributed by atoms with E-state index in [0.29, 0.717) is 35.8 Å². The molecule has 0 amide bonds. The first-order chi connectivity index (χ1) is 12.6. The van der Waals surface area contributed by atoms with Crippen LogP contribution in [-0.2, 0) is 6.54 Å². The number of H-pyrrole nitrogens is 2. The molecule has 0 spiro atoms. The van der Waals surface area contributed by atoms with Crippen molar-refractivity contribution in [3.05, 3.63) is 56.4 Å². The van der Waals surface area contributed by atoms with E-state index in [4.69, 9.17) is 9.47 Å². The van der Waals surface area contributed by atoms with Gasteiger partial charge in [-0.2, -0.15) is 0 Å². The second-order valence-electron chi connectivity index (χ2n) is 6.62. The fourth-order valence-electron chi connectivity index (χ4n) is 3.54. The Balaban J connectivity index is 1.47. The van der Waals surface area contributed by atoms with Crippen molar-refractivity contribution in [1.29, 1.82) is 0 Å². The monoisotopic (exact) mass is 357 g/mol. The normalized spacial score (nSPS) is 19.5. The van der Waals surface area contributed by atoms with Crippen LogP contribution in [0.25, 0.3) is 0 Å². The van der Waals surface area contributed by atoms with E-state index in [1.807, 2.05) is 0 Å². The van der Waals surface area contributed by atoms with Crippen LogP contribution in [0.4, 0.5) is 0 Å². The fourth-order valence-corrected chi connectivity index (χ4v) is 3.54. The van der Waals surface area contributed by atoms with E-state index in [1.54, 1.807) is 18.2 Å². The van der Waals surface area contributed by atoms with Gasteiger partial charge in [0.25, 0.3) is 5.56 Å². The highest BCUT2D eigenvalue weighted by Crippen LogP contribution is 2.33. The van der Waals surface area contributed by atoms with Gasteiger partial charge in [0.2, 0.25) is 6.79 Å². The Hall–Kier alpha value is -2.87. The number of rotatable bonds is 4. The first-order valence-electron chi connectivity index (χ1n) is 8.57. The summed E-state index contributed by atoms with van der Waals surface area (Å²) in [6.07, 6.45) is 1.70. The van der Waals surface area contributed by atoms with Gasteiger partial charge in [0.15, 0.2) is 17.3 Å². The summed E-state index contributed by atoms with van der Waals surface area (Å²) in [6.45, 7) is 2.02. The van der Waals surface area contributed by atoms with Gasteiger partial charge in [-0.05, 0) is 37.6 Å². The molecule has 26 heavy (non-hydrogen) atoms. The Morgan fingerprint density at radius 2 is 2.00 bits per heavy atom. The first-order valence-corrected chi connectivity index (χ1v) is 8.57. The van der Waals surface area contributed by atoms with Crippen LogP contribution in [0.15, 0.2) is 33.9 Å². The minimum absolute atomic E-state index is 0.0763. The number of hydrogen-bond acceptors (Lipinski definition) is 6. The lowest BCUT2D eigenvalue weighted by molar-refractivity contribution is 0.0809. The zero-order valence-corrected chi connectivity index (χ0v) is 14.1. The van der Waals surface area contributed by atoms with E-state index in [2.05, 4.69) is 14.9 Å². The molecule has 0 saturated carbocycles. The number of nitrogens with one attached hydrogen (secondary N) is 2. The number of piperidine rings is 1. The van der Waals surface area contributed by atoms with Crippen molar-refractivity contribution < 1.29 is 14.3 Å². The van der Waals surface area contributed by atoms with Crippen LogP contribution in [0.5, 0.6) is 11.5 Å². The molecule has 1 aromatic carbocycles. The van der Waals surface area contributed by atoms with Gasteiger partial charge in [-0.3, -0.25) is 19.5 Å². The van der Waals surface area contributed by atoms with E-state index in [1.165, 1.54) is 6.07 Å². The predicted molar refractivity (Wildman–Crippen MR) is 92.6 cm³/mol. The van der Waals surface area contributed by atoms with Gasteiger partial charge < -0.3 is 14.5 Å². The maximum absolute atomic E-state index is 12.9. The molecule has 8 heteroatoms. The summed E-state index contributed by atoms with van der Waals surface area (Å²) in [5, 5.41) is 0. The van der Waals surface area contributed by atoms with Crippen molar-refractivity contribution in [3.8, 4) is 11.5 Å². The third kappa shape index (κ3) is 3.41. The standard InChI is InChI=1S/C18H19N3O5/c22-16-7-13(19-18(24)20-16)9-21-5-1-2-12(8-21)17(23)11-3-4-14-15(6-11)26-10-25-14/h3-4,6-7,12H,1-2,5,8-10H2,(H2,19,20,22,24). The third-order valence-corrected chi connectivity index (χ3v) is 4.74. The van der Waals surface area contributed by atoms with Crippen molar-refractivity contribution in [2.24, 2.45) is 5.92 Å². The molecule has 1 unspecified atom stereocenters. The number of benzene rings is 1. The maximum Gasteiger partial charge on any atom is 0.325 e. The average molecular weight is 357 g/mol. The SMILES string of the molecule is O=C(c1ccc2c(c1)OCO2)C1CCCN(Cc2cc(=O)[nH]c(=O)[nH]2)C1. The maximum atomic E-state index is 12.9. The summed E-state index contributed by atoms with van der Waals surface area (Å²) in [4.78, 5) is 42.6. The average Bonchev–Trinajstić information content (AvgIpc) is 3.08. The lowest BCUT2D eigenvalue weighted by Gasteiger charge is -2.31. The molecule has 1 fully saturated rings. The Bertz CT molecular complexity index is 920. The molecular weight excluding hydrogens is 338 g/mol. The number of nitrogens with zero attached hydrogens (tertiary/aromatic N) is 1. The highest BCUT2D eigenvalue weighted by atomic mass is 16.7. The number of ether oxygens (including phenoxy) is 2. The molecule has 1 atom stereocenters. The van der Waals surface area contributed by atoms with E-state index < -0.39 is 11.2 Å². The summed E-state index contributed by atoms with van der Waals surface area (Å²) in [6, 6.07) is 6.64. The van der Waals surface area contributed by atoms with Crippen LogP contribution in [-0.4, -0.2) is 40.5 Å². The third-order valence-electron chi connectivity index (χ3n) is 4.74. The molecule has 3 heterocycles. The summed E-state index contributed by atoms with van der Waals surface area (Å²) < 4.78 is 10.6. The van der Waals surface area contributed by atoms with Crippen molar-refractivity contribution in [2.75, 3.05) is 19.9 Å². The number of fused-ring (bicyclic) bond motifs is 1. The van der Waals surface area contributed by atoms with Crippen LogP contribution in [0.2, 0.25) is 0 Å². The van der Waals surface area contributed by atoms with Crippen LogP contribution in [0, 0.1) is 5.92 Å². The Labute approximate surface area is 148 Å². The molecule has 2 aliphatic rings. The molecule has 2 aliphatic heterocycles. The van der Waals surface area contributed by atoms with Gasteiger partial charge in [0, 0.05) is 36.3 Å². The highest BCUT2D eigenvalue weighted by molar-refractivity contribution is 5.98. The zero-order chi connectivity index (χ0) is 18.1. The number of ketones is 1. The molecule has 136 valence electrons. The molecule has 0 bridgehead atoms.